The van der Waals surface area contributed by atoms with E-state index in [1.54, 1.807) is 19.1 Å². The van der Waals surface area contributed by atoms with Gasteiger partial charge >= 0.3 is 5.97 Å². The molecule has 24 heavy (non-hydrogen) atoms. The second-order valence-electron chi connectivity index (χ2n) is 6.17. The fourth-order valence-electron chi connectivity index (χ4n) is 3.14. The van der Waals surface area contributed by atoms with E-state index in [1.165, 1.54) is 5.56 Å². The predicted molar refractivity (Wildman–Crippen MR) is 97.2 cm³/mol. The van der Waals surface area contributed by atoms with Crippen LogP contribution in [-0.2, 0) is 4.79 Å². The maximum atomic E-state index is 14.4. The average molecular weight is 352 g/mol. The average Bonchev–Trinajstić information content (AvgIpc) is 2.40. The number of aryl methyl sites for hydroxylation is 4. The molecule has 0 radical (unpaired) electrons. The van der Waals surface area contributed by atoms with Gasteiger partial charge in [0.15, 0.2) is 0 Å². The third kappa shape index (κ3) is 4.13. The van der Waals surface area contributed by atoms with E-state index in [0.29, 0.717) is 5.56 Å². The Morgan fingerprint density at radius 3 is 2.12 bits per heavy atom. The van der Waals surface area contributed by atoms with Crippen LogP contribution in [0.3, 0.4) is 0 Å². The molecule has 3 N–H and O–H groups in total. The van der Waals surface area contributed by atoms with E-state index < -0.39 is 17.8 Å². The molecule has 3 nitrogen and oxygen atoms in total. The van der Waals surface area contributed by atoms with Gasteiger partial charge in [-0.15, -0.1) is 12.4 Å². The molecule has 0 fully saturated rings. The molecular formula is C19H23ClFNO2. The SMILES string of the molecule is Cc1cc(C)c(-c2cc(C)c(F)c([C@@H](N)CC(=O)O)c2)c(C)c1.Cl. The molecule has 5 heteroatoms. The van der Waals surface area contributed by atoms with Gasteiger partial charge in [-0.05, 0) is 67.6 Å². The molecule has 0 aromatic heterocycles. The van der Waals surface area contributed by atoms with Crippen molar-refractivity contribution in [2.24, 2.45) is 5.73 Å². The number of nitrogens with two attached hydrogens (primary N) is 1. The van der Waals surface area contributed by atoms with Gasteiger partial charge in [0.25, 0.3) is 0 Å². The highest BCUT2D eigenvalue weighted by Gasteiger charge is 2.19. The van der Waals surface area contributed by atoms with Crippen molar-refractivity contribution in [2.75, 3.05) is 0 Å². The van der Waals surface area contributed by atoms with Crippen molar-refractivity contribution in [3.63, 3.8) is 0 Å². The lowest BCUT2D eigenvalue weighted by molar-refractivity contribution is -0.137. The molecular weight excluding hydrogens is 329 g/mol. The number of carbonyl (C=O) groups is 1. The molecule has 2 aromatic carbocycles. The van der Waals surface area contributed by atoms with Crippen molar-refractivity contribution in [1.29, 1.82) is 0 Å². The second-order valence-corrected chi connectivity index (χ2v) is 6.17. The Kier molecular flexibility index (Phi) is 6.52. The molecule has 2 rings (SSSR count). The summed E-state index contributed by atoms with van der Waals surface area (Å²) in [5.74, 6) is -1.47. The number of carboxylic acid groups (broad SMARTS) is 1. The van der Waals surface area contributed by atoms with Crippen LogP contribution < -0.4 is 5.73 Å². The van der Waals surface area contributed by atoms with Crippen molar-refractivity contribution in [3.8, 4) is 11.1 Å². The molecule has 0 saturated heterocycles. The fraction of sp³-hybridized carbons (Fsp3) is 0.316. The molecule has 0 heterocycles. The van der Waals surface area contributed by atoms with E-state index in [4.69, 9.17) is 10.8 Å². The first-order chi connectivity index (χ1) is 10.7. The lowest BCUT2D eigenvalue weighted by Gasteiger charge is -2.17. The minimum atomic E-state index is -1.04. The third-order valence-electron chi connectivity index (χ3n) is 4.04. The molecule has 0 aliphatic rings. The van der Waals surface area contributed by atoms with E-state index >= 15 is 0 Å². The van der Waals surface area contributed by atoms with Crippen LogP contribution in [0.4, 0.5) is 4.39 Å². The first-order valence-electron chi connectivity index (χ1n) is 7.56. The Balaban J connectivity index is 0.00000288. The van der Waals surface area contributed by atoms with Gasteiger partial charge in [0, 0.05) is 11.6 Å². The first-order valence-corrected chi connectivity index (χ1v) is 7.56. The van der Waals surface area contributed by atoms with Gasteiger partial charge in [-0.25, -0.2) is 4.39 Å². The van der Waals surface area contributed by atoms with Crippen LogP contribution in [0.15, 0.2) is 24.3 Å². The summed E-state index contributed by atoms with van der Waals surface area (Å²) >= 11 is 0. The summed E-state index contributed by atoms with van der Waals surface area (Å²) < 4.78 is 14.4. The Bertz CT molecular complexity index is 751. The van der Waals surface area contributed by atoms with Crippen LogP contribution in [-0.4, -0.2) is 11.1 Å². The number of halogens is 2. The summed E-state index contributed by atoms with van der Waals surface area (Å²) in [7, 11) is 0. The van der Waals surface area contributed by atoms with Gasteiger partial charge in [-0.2, -0.15) is 0 Å². The molecule has 130 valence electrons. The van der Waals surface area contributed by atoms with E-state index in [1.807, 2.05) is 20.8 Å². The standard InChI is InChI=1S/C19H22FNO2.ClH/c1-10-5-11(2)18(12(3)6-10)14-7-13(4)19(20)15(8-14)16(21)9-17(22)23;/h5-8,16H,9,21H2,1-4H3,(H,22,23);1H/t16-;/m0./s1. The molecule has 0 amide bonds. The predicted octanol–water partition coefficient (Wildman–Crippen LogP) is 4.62. The van der Waals surface area contributed by atoms with Gasteiger partial charge in [-0.3, -0.25) is 4.79 Å². The van der Waals surface area contributed by atoms with E-state index in [0.717, 1.165) is 22.3 Å². The number of benzene rings is 2. The molecule has 2 aromatic rings. The lowest BCUT2D eigenvalue weighted by atomic mass is 9.90. The third-order valence-corrected chi connectivity index (χ3v) is 4.04. The smallest absolute Gasteiger partial charge is 0.305 e. The van der Waals surface area contributed by atoms with E-state index in [9.17, 15) is 9.18 Å². The Morgan fingerprint density at radius 2 is 1.62 bits per heavy atom. The number of hydrogen-bond acceptors (Lipinski definition) is 2. The van der Waals surface area contributed by atoms with Crippen LogP contribution in [0.2, 0.25) is 0 Å². The van der Waals surface area contributed by atoms with Crippen LogP contribution in [0.1, 0.15) is 40.3 Å². The molecule has 0 unspecified atom stereocenters. The maximum Gasteiger partial charge on any atom is 0.305 e. The molecule has 0 spiro atoms. The van der Waals surface area contributed by atoms with Crippen LogP contribution in [0, 0.1) is 33.5 Å². The van der Waals surface area contributed by atoms with E-state index in [2.05, 4.69) is 12.1 Å². The normalized spacial score (nSPS) is 11.8. The maximum absolute atomic E-state index is 14.4. The van der Waals surface area contributed by atoms with Gasteiger partial charge in [-0.1, -0.05) is 17.7 Å². The Hall–Kier alpha value is -1.91. The van der Waals surface area contributed by atoms with Crippen molar-refractivity contribution in [3.05, 3.63) is 57.9 Å². The minimum absolute atomic E-state index is 0. The summed E-state index contributed by atoms with van der Waals surface area (Å²) in [6.07, 6.45) is -0.300. The van der Waals surface area contributed by atoms with Crippen LogP contribution in [0.5, 0.6) is 0 Å². The van der Waals surface area contributed by atoms with E-state index in [-0.39, 0.29) is 24.4 Å². The van der Waals surface area contributed by atoms with Gasteiger partial charge in [0.2, 0.25) is 0 Å². The number of carboxylic acids is 1. The highest BCUT2D eigenvalue weighted by Crippen LogP contribution is 2.33. The number of hydrogen-bond donors (Lipinski definition) is 2. The van der Waals surface area contributed by atoms with Gasteiger partial charge < -0.3 is 10.8 Å². The van der Waals surface area contributed by atoms with Gasteiger partial charge in [0.05, 0.1) is 6.42 Å². The van der Waals surface area contributed by atoms with Crippen LogP contribution in [0.25, 0.3) is 11.1 Å². The molecule has 0 aliphatic carbocycles. The zero-order valence-corrected chi connectivity index (χ0v) is 15.1. The summed E-state index contributed by atoms with van der Waals surface area (Å²) in [5.41, 5.74) is 11.9. The highest BCUT2D eigenvalue weighted by atomic mass is 35.5. The zero-order valence-electron chi connectivity index (χ0n) is 14.3. The summed E-state index contributed by atoms with van der Waals surface area (Å²) in [6, 6.07) is 6.77. The minimum Gasteiger partial charge on any atom is -0.481 e. The molecule has 0 saturated carbocycles. The molecule has 1 atom stereocenters. The lowest BCUT2D eigenvalue weighted by Crippen LogP contribution is -2.17. The number of rotatable bonds is 4. The number of aliphatic carboxylic acids is 1. The molecule has 0 aliphatic heterocycles. The second kappa shape index (κ2) is 7.77. The summed E-state index contributed by atoms with van der Waals surface area (Å²) in [5, 5.41) is 8.91. The zero-order chi connectivity index (χ0) is 17.3. The fourth-order valence-corrected chi connectivity index (χ4v) is 3.14. The largest absolute Gasteiger partial charge is 0.481 e. The highest BCUT2D eigenvalue weighted by molar-refractivity contribution is 5.85. The summed E-state index contributed by atoms with van der Waals surface area (Å²) in [4.78, 5) is 10.9. The molecule has 0 bridgehead atoms. The van der Waals surface area contributed by atoms with Crippen molar-refractivity contribution in [1.82, 2.24) is 0 Å². The van der Waals surface area contributed by atoms with Crippen molar-refractivity contribution < 1.29 is 14.3 Å². The van der Waals surface area contributed by atoms with Crippen LogP contribution >= 0.6 is 12.4 Å². The monoisotopic (exact) mass is 351 g/mol. The van der Waals surface area contributed by atoms with Crippen molar-refractivity contribution in [2.45, 2.75) is 40.2 Å². The van der Waals surface area contributed by atoms with Gasteiger partial charge in [0.1, 0.15) is 5.82 Å². The van der Waals surface area contributed by atoms with Crippen molar-refractivity contribution >= 4 is 18.4 Å². The first kappa shape index (κ1) is 20.1. The topological polar surface area (TPSA) is 63.3 Å². The Morgan fingerprint density at radius 1 is 1.08 bits per heavy atom. The Labute approximate surface area is 148 Å². The quantitative estimate of drug-likeness (QED) is 0.844. The summed E-state index contributed by atoms with van der Waals surface area (Å²) in [6.45, 7) is 7.75.